The highest BCUT2D eigenvalue weighted by Crippen LogP contribution is 2.28. The van der Waals surface area contributed by atoms with Crippen molar-refractivity contribution in [1.29, 1.82) is 0 Å². The van der Waals surface area contributed by atoms with Crippen LogP contribution >= 0.6 is 0 Å². The van der Waals surface area contributed by atoms with E-state index in [-0.39, 0.29) is 5.82 Å². The van der Waals surface area contributed by atoms with E-state index in [0.717, 1.165) is 37.1 Å². The van der Waals surface area contributed by atoms with E-state index in [0.29, 0.717) is 23.1 Å². The number of piperidine rings is 1. The van der Waals surface area contributed by atoms with Crippen LogP contribution in [0.3, 0.4) is 0 Å². The maximum atomic E-state index is 14.4. The average molecular weight is 326 g/mol. The Bertz CT molecular complexity index is 853. The van der Waals surface area contributed by atoms with Gasteiger partial charge in [0.1, 0.15) is 11.5 Å². The lowest BCUT2D eigenvalue weighted by molar-refractivity contribution is 0.440. The van der Waals surface area contributed by atoms with Crippen molar-refractivity contribution in [2.45, 2.75) is 18.9 Å². The van der Waals surface area contributed by atoms with Crippen molar-refractivity contribution >= 4 is 16.9 Å². The third-order valence-corrected chi connectivity index (χ3v) is 4.62. The van der Waals surface area contributed by atoms with Gasteiger partial charge in [0.15, 0.2) is 11.5 Å². The minimum absolute atomic E-state index is 0.290. The van der Waals surface area contributed by atoms with E-state index in [9.17, 15) is 4.39 Å². The number of aromatic amines is 1. The summed E-state index contributed by atoms with van der Waals surface area (Å²) in [5.41, 5.74) is 1.43. The number of H-pyrrole nitrogens is 1. The van der Waals surface area contributed by atoms with Crippen LogP contribution in [0.2, 0.25) is 0 Å². The highest BCUT2D eigenvalue weighted by atomic mass is 19.1. The van der Waals surface area contributed by atoms with Crippen LogP contribution in [0.25, 0.3) is 22.4 Å². The Morgan fingerprint density at radius 3 is 2.88 bits per heavy atom. The van der Waals surface area contributed by atoms with E-state index in [1.54, 1.807) is 12.3 Å². The zero-order valence-electron chi connectivity index (χ0n) is 13.5. The number of rotatable bonds is 3. The molecule has 4 heterocycles. The van der Waals surface area contributed by atoms with E-state index in [2.05, 4.69) is 30.4 Å². The molecule has 0 saturated carbocycles. The van der Waals surface area contributed by atoms with Gasteiger partial charge in [0.2, 0.25) is 0 Å². The molecule has 1 saturated heterocycles. The molecule has 2 N–H and O–H groups in total. The molecule has 7 heteroatoms. The Balaban J connectivity index is 1.69. The first-order chi connectivity index (χ1) is 11.8. The Morgan fingerprint density at radius 1 is 1.25 bits per heavy atom. The number of hydrogen-bond acceptors (Lipinski definition) is 5. The molecule has 24 heavy (non-hydrogen) atoms. The molecule has 1 fully saturated rings. The first-order valence-electron chi connectivity index (χ1n) is 8.14. The quantitative estimate of drug-likeness (QED) is 0.773. The lowest BCUT2D eigenvalue weighted by Crippen LogP contribution is -2.41. The molecule has 6 nitrogen and oxygen atoms in total. The smallest absolute Gasteiger partial charge is 0.181 e. The predicted molar refractivity (Wildman–Crippen MR) is 91.4 cm³/mol. The molecule has 1 aliphatic rings. The summed E-state index contributed by atoms with van der Waals surface area (Å²) in [5, 5.41) is 11.1. The van der Waals surface area contributed by atoms with Crippen LogP contribution in [0.15, 0.2) is 30.5 Å². The molecule has 124 valence electrons. The molecule has 0 atom stereocenters. The standard InChI is InChI=1S/C17H19FN6/c1-19-11-6-9-24(10-7-11)14-5-4-13(18)16(21-14)15-12-3-2-8-20-17(12)23-22-15/h2-5,8,11,19H,6-7,9-10H2,1H3,(H,20,22,23). The van der Waals surface area contributed by atoms with Crippen LogP contribution in [-0.2, 0) is 0 Å². The molecular formula is C17H19FN6. The third-order valence-electron chi connectivity index (χ3n) is 4.62. The van der Waals surface area contributed by atoms with E-state index in [1.807, 2.05) is 19.2 Å². The molecular weight excluding hydrogens is 307 g/mol. The molecule has 0 unspecified atom stereocenters. The summed E-state index contributed by atoms with van der Waals surface area (Å²) in [6.45, 7) is 1.82. The molecule has 0 spiro atoms. The molecule has 0 bridgehead atoms. The molecule has 0 amide bonds. The molecule has 0 aromatic carbocycles. The van der Waals surface area contributed by atoms with Crippen molar-refractivity contribution in [1.82, 2.24) is 25.5 Å². The number of halogens is 1. The maximum absolute atomic E-state index is 14.4. The molecule has 0 aliphatic carbocycles. The number of anilines is 1. The van der Waals surface area contributed by atoms with Gasteiger partial charge in [0.05, 0.1) is 5.69 Å². The zero-order valence-corrected chi connectivity index (χ0v) is 13.5. The normalized spacial score (nSPS) is 16.0. The number of aromatic nitrogens is 4. The van der Waals surface area contributed by atoms with E-state index < -0.39 is 0 Å². The van der Waals surface area contributed by atoms with Crippen molar-refractivity contribution in [2.24, 2.45) is 0 Å². The van der Waals surface area contributed by atoms with Crippen LogP contribution in [0, 0.1) is 5.82 Å². The molecule has 1 aliphatic heterocycles. The summed E-state index contributed by atoms with van der Waals surface area (Å²) < 4.78 is 14.4. The van der Waals surface area contributed by atoms with Crippen LogP contribution in [0.4, 0.5) is 10.2 Å². The molecule has 3 aromatic heterocycles. The van der Waals surface area contributed by atoms with Gasteiger partial charge in [-0.3, -0.25) is 5.10 Å². The van der Waals surface area contributed by atoms with Crippen molar-refractivity contribution in [2.75, 3.05) is 25.0 Å². The van der Waals surface area contributed by atoms with Gasteiger partial charge in [-0.05, 0) is 44.2 Å². The van der Waals surface area contributed by atoms with Crippen LogP contribution in [-0.4, -0.2) is 46.3 Å². The Kier molecular flexibility index (Phi) is 3.86. The summed E-state index contributed by atoms with van der Waals surface area (Å²) in [7, 11) is 1.99. The fraction of sp³-hybridized carbons (Fsp3) is 0.353. The predicted octanol–water partition coefficient (Wildman–Crippen LogP) is 2.35. The third kappa shape index (κ3) is 2.60. The first-order valence-corrected chi connectivity index (χ1v) is 8.14. The Hall–Kier alpha value is -2.54. The van der Waals surface area contributed by atoms with Gasteiger partial charge in [-0.2, -0.15) is 5.10 Å². The summed E-state index contributed by atoms with van der Waals surface area (Å²) in [6, 6.07) is 7.45. The van der Waals surface area contributed by atoms with Gasteiger partial charge in [-0.25, -0.2) is 14.4 Å². The average Bonchev–Trinajstić information content (AvgIpc) is 3.06. The summed E-state index contributed by atoms with van der Waals surface area (Å²) in [6.07, 6.45) is 3.78. The number of pyridine rings is 2. The van der Waals surface area contributed by atoms with Gasteiger partial charge in [-0.1, -0.05) is 0 Å². The molecule has 3 aromatic rings. The lowest BCUT2D eigenvalue weighted by Gasteiger charge is -2.32. The first kappa shape index (κ1) is 15.0. The van der Waals surface area contributed by atoms with Crippen molar-refractivity contribution < 1.29 is 4.39 Å². The van der Waals surface area contributed by atoms with E-state index in [4.69, 9.17) is 0 Å². The monoisotopic (exact) mass is 326 g/mol. The number of fused-ring (bicyclic) bond motifs is 1. The van der Waals surface area contributed by atoms with Gasteiger partial charge in [0, 0.05) is 30.7 Å². The molecule has 4 rings (SSSR count). The fourth-order valence-electron chi connectivity index (χ4n) is 3.21. The fourth-order valence-corrected chi connectivity index (χ4v) is 3.21. The minimum atomic E-state index is -0.363. The summed E-state index contributed by atoms with van der Waals surface area (Å²) >= 11 is 0. The second-order valence-corrected chi connectivity index (χ2v) is 6.02. The van der Waals surface area contributed by atoms with Gasteiger partial charge in [-0.15, -0.1) is 0 Å². The minimum Gasteiger partial charge on any atom is -0.356 e. The van der Waals surface area contributed by atoms with Crippen molar-refractivity contribution in [3.8, 4) is 11.4 Å². The van der Waals surface area contributed by atoms with Crippen molar-refractivity contribution in [3.05, 3.63) is 36.3 Å². The largest absolute Gasteiger partial charge is 0.356 e. The second-order valence-electron chi connectivity index (χ2n) is 6.02. The van der Waals surface area contributed by atoms with Crippen LogP contribution in [0.5, 0.6) is 0 Å². The number of hydrogen-bond donors (Lipinski definition) is 2. The van der Waals surface area contributed by atoms with Gasteiger partial charge < -0.3 is 10.2 Å². The summed E-state index contributed by atoms with van der Waals surface area (Å²) in [5.74, 6) is 0.436. The zero-order chi connectivity index (χ0) is 16.5. The Morgan fingerprint density at radius 2 is 2.08 bits per heavy atom. The van der Waals surface area contributed by atoms with E-state index in [1.165, 1.54) is 6.07 Å². The van der Waals surface area contributed by atoms with Crippen molar-refractivity contribution in [3.63, 3.8) is 0 Å². The van der Waals surface area contributed by atoms with Crippen LogP contribution < -0.4 is 10.2 Å². The van der Waals surface area contributed by atoms with Gasteiger partial charge in [0.25, 0.3) is 0 Å². The second kappa shape index (κ2) is 6.16. The van der Waals surface area contributed by atoms with E-state index >= 15 is 0 Å². The van der Waals surface area contributed by atoms with Crippen LogP contribution in [0.1, 0.15) is 12.8 Å². The number of nitrogens with one attached hydrogen (secondary N) is 2. The lowest BCUT2D eigenvalue weighted by atomic mass is 10.1. The topological polar surface area (TPSA) is 69.7 Å². The summed E-state index contributed by atoms with van der Waals surface area (Å²) in [4.78, 5) is 10.9. The molecule has 0 radical (unpaired) electrons. The number of nitrogens with zero attached hydrogens (tertiary/aromatic N) is 4. The van der Waals surface area contributed by atoms with Gasteiger partial charge >= 0.3 is 0 Å². The SMILES string of the molecule is CNC1CCN(c2ccc(F)c(-c3[nH]nc4ncccc34)n2)CC1. The maximum Gasteiger partial charge on any atom is 0.181 e. The Labute approximate surface area is 139 Å². The highest BCUT2D eigenvalue weighted by molar-refractivity contribution is 5.89. The highest BCUT2D eigenvalue weighted by Gasteiger charge is 2.21.